The number of carbonyl (C=O) groups is 2. The molecule has 0 aromatic carbocycles. The first kappa shape index (κ1) is 30.7. The van der Waals surface area contributed by atoms with Gasteiger partial charge < -0.3 is 30.4 Å². The normalized spacial score (nSPS) is 17.0. The van der Waals surface area contributed by atoms with Gasteiger partial charge in [-0.3, -0.25) is 19.9 Å². The molecule has 200 valence electrons. The lowest BCUT2D eigenvalue weighted by atomic mass is 10.0. The summed E-state index contributed by atoms with van der Waals surface area (Å²) >= 11 is 0. The first-order chi connectivity index (χ1) is 16.9. The van der Waals surface area contributed by atoms with Gasteiger partial charge in [0.15, 0.2) is 6.23 Å². The smallest absolute Gasteiger partial charge is 0.226 e. The molecule has 2 amide bonds. The topological polar surface area (TPSA) is 148 Å². The Morgan fingerprint density at radius 1 is 1.20 bits per heavy atom. The largest absolute Gasteiger partial charge is 0.388 e. The maximum atomic E-state index is 11.5. The van der Waals surface area contributed by atoms with Gasteiger partial charge in [-0.15, -0.1) is 0 Å². The number of nitrogens with zero attached hydrogens (tertiary/aromatic N) is 2. The van der Waals surface area contributed by atoms with E-state index in [2.05, 4.69) is 15.7 Å². The van der Waals surface area contributed by atoms with Crippen LogP contribution in [0.25, 0.3) is 0 Å². The quantitative estimate of drug-likeness (QED) is 0.140. The van der Waals surface area contributed by atoms with Crippen LogP contribution in [0.1, 0.15) is 46.5 Å². The number of nitrogens with one attached hydrogen (secondary N) is 2. The Kier molecular flexibility index (Phi) is 16.6. The number of hydrazone groups is 1. The molecule has 0 fully saturated rings. The number of allylic oxidation sites excluding steroid dienone is 3. The summed E-state index contributed by atoms with van der Waals surface area (Å²) in [6, 6.07) is -0.168. The fourth-order valence-electron chi connectivity index (χ4n) is 3.23. The van der Waals surface area contributed by atoms with Crippen molar-refractivity contribution in [2.75, 3.05) is 52.7 Å². The highest BCUT2D eigenvalue weighted by Gasteiger charge is 2.26. The number of imide groups is 1. The second-order valence-corrected chi connectivity index (χ2v) is 8.30. The van der Waals surface area contributed by atoms with Crippen LogP contribution in [0.2, 0.25) is 0 Å². The van der Waals surface area contributed by atoms with Gasteiger partial charge in [-0.2, -0.15) is 5.10 Å². The van der Waals surface area contributed by atoms with Gasteiger partial charge in [0.05, 0.1) is 32.6 Å². The number of rotatable bonds is 20. The van der Waals surface area contributed by atoms with Crippen molar-refractivity contribution in [3.63, 3.8) is 0 Å². The Hall–Kier alpha value is -2.31. The zero-order chi connectivity index (χ0) is 25.9. The SMILES string of the molecule is CC1=C(/C=C(\C)NCCCOCCOCCOCCCN)C=NN(C(C)CCC(=O)NC=O)C1O. The Morgan fingerprint density at radius 2 is 1.83 bits per heavy atom. The molecule has 1 heterocycles. The average Bonchev–Trinajstić information content (AvgIpc) is 2.83. The van der Waals surface area contributed by atoms with Crippen LogP contribution in [-0.2, 0) is 23.8 Å². The number of aliphatic hydroxyl groups excluding tert-OH is 1. The van der Waals surface area contributed by atoms with Gasteiger partial charge in [0.25, 0.3) is 0 Å². The number of amides is 2. The first-order valence-electron chi connectivity index (χ1n) is 12.2. The number of carbonyl (C=O) groups excluding carboxylic acids is 2. The van der Waals surface area contributed by atoms with Crippen LogP contribution in [0.4, 0.5) is 0 Å². The van der Waals surface area contributed by atoms with Crippen molar-refractivity contribution >= 4 is 18.5 Å². The van der Waals surface area contributed by atoms with Crippen molar-refractivity contribution in [1.29, 1.82) is 0 Å². The maximum absolute atomic E-state index is 11.5. The predicted molar refractivity (Wildman–Crippen MR) is 134 cm³/mol. The van der Waals surface area contributed by atoms with Crippen LogP contribution in [-0.4, -0.2) is 93.6 Å². The van der Waals surface area contributed by atoms with Crippen molar-refractivity contribution in [3.8, 4) is 0 Å². The Balaban J connectivity index is 2.24. The zero-order valence-electron chi connectivity index (χ0n) is 21.3. The standard InChI is InChI=1S/C24H43N5O6/c1-19(26-9-5-11-34-13-15-35-14-12-33-10-4-8-25)16-22-17-28-29(24(32)21(22)3)20(2)6-7-23(31)27-18-30/h16-18,20,24,26,32H,4-15,25H2,1-3H3,(H,27,30,31)/b19-16+. The molecule has 0 aromatic heterocycles. The fraction of sp³-hybridized carbons (Fsp3) is 0.708. The molecule has 1 rings (SSSR count). The molecule has 0 aliphatic carbocycles. The van der Waals surface area contributed by atoms with Crippen molar-refractivity contribution in [3.05, 3.63) is 22.9 Å². The molecule has 0 radical (unpaired) electrons. The molecule has 0 aromatic rings. The Labute approximate surface area is 208 Å². The minimum absolute atomic E-state index is 0.168. The van der Waals surface area contributed by atoms with E-state index in [0.717, 1.165) is 36.2 Å². The summed E-state index contributed by atoms with van der Waals surface area (Å²) in [5.41, 5.74) is 7.97. The third kappa shape index (κ3) is 13.4. The molecule has 0 saturated carbocycles. The van der Waals surface area contributed by atoms with E-state index in [0.29, 0.717) is 59.0 Å². The summed E-state index contributed by atoms with van der Waals surface area (Å²) in [5.74, 6) is -0.349. The van der Waals surface area contributed by atoms with Crippen LogP contribution in [0, 0.1) is 0 Å². The molecule has 1 aliphatic heterocycles. The molecule has 11 nitrogen and oxygen atoms in total. The van der Waals surface area contributed by atoms with E-state index in [1.807, 2.05) is 26.8 Å². The number of hydrogen-bond acceptors (Lipinski definition) is 10. The lowest BCUT2D eigenvalue weighted by Gasteiger charge is -2.34. The fourth-order valence-corrected chi connectivity index (χ4v) is 3.23. The monoisotopic (exact) mass is 497 g/mol. The third-order valence-electron chi connectivity index (χ3n) is 5.36. The molecule has 0 bridgehead atoms. The van der Waals surface area contributed by atoms with Gasteiger partial charge >= 0.3 is 0 Å². The first-order valence-corrected chi connectivity index (χ1v) is 12.2. The summed E-state index contributed by atoms with van der Waals surface area (Å²) in [5, 5.41) is 22.1. The van der Waals surface area contributed by atoms with E-state index >= 15 is 0 Å². The zero-order valence-corrected chi connectivity index (χ0v) is 21.3. The van der Waals surface area contributed by atoms with Crippen LogP contribution in [0.3, 0.4) is 0 Å². The lowest BCUT2D eigenvalue weighted by Crippen LogP contribution is -2.41. The molecule has 0 saturated heterocycles. The number of nitrogens with two attached hydrogens (primary N) is 1. The molecule has 0 spiro atoms. The van der Waals surface area contributed by atoms with E-state index in [1.165, 1.54) is 0 Å². The number of ether oxygens (including phenoxy) is 3. The average molecular weight is 498 g/mol. The van der Waals surface area contributed by atoms with Gasteiger partial charge in [-0.1, -0.05) is 0 Å². The van der Waals surface area contributed by atoms with Gasteiger partial charge in [0.2, 0.25) is 12.3 Å². The van der Waals surface area contributed by atoms with E-state index in [9.17, 15) is 14.7 Å². The highest BCUT2D eigenvalue weighted by molar-refractivity contribution is 5.86. The summed E-state index contributed by atoms with van der Waals surface area (Å²) < 4.78 is 16.4. The van der Waals surface area contributed by atoms with Gasteiger partial charge in [-0.25, -0.2) is 0 Å². The molecule has 35 heavy (non-hydrogen) atoms. The molecule has 2 unspecified atom stereocenters. The van der Waals surface area contributed by atoms with Crippen LogP contribution in [0.15, 0.2) is 28.0 Å². The van der Waals surface area contributed by atoms with Gasteiger partial charge in [-0.05, 0) is 63.8 Å². The van der Waals surface area contributed by atoms with E-state index in [-0.39, 0.29) is 18.4 Å². The molecular weight excluding hydrogens is 454 g/mol. The van der Waals surface area contributed by atoms with E-state index in [4.69, 9.17) is 19.9 Å². The molecular formula is C24H43N5O6. The van der Waals surface area contributed by atoms with Crippen LogP contribution in [0.5, 0.6) is 0 Å². The highest BCUT2D eigenvalue weighted by Crippen LogP contribution is 2.22. The van der Waals surface area contributed by atoms with Gasteiger partial charge in [0, 0.05) is 37.9 Å². The summed E-state index contributed by atoms with van der Waals surface area (Å²) in [7, 11) is 0. The maximum Gasteiger partial charge on any atom is 0.226 e. The number of hydrogen-bond donors (Lipinski definition) is 4. The predicted octanol–water partition coefficient (Wildman–Crippen LogP) is 0.646. The van der Waals surface area contributed by atoms with Crippen LogP contribution < -0.4 is 16.4 Å². The van der Waals surface area contributed by atoms with Crippen LogP contribution >= 0.6 is 0 Å². The van der Waals surface area contributed by atoms with Crippen molar-refractivity contribution < 1.29 is 28.9 Å². The molecule has 1 aliphatic rings. The third-order valence-corrected chi connectivity index (χ3v) is 5.36. The summed E-state index contributed by atoms with van der Waals surface area (Å²) in [4.78, 5) is 21.8. The molecule has 2 atom stereocenters. The minimum atomic E-state index is -0.878. The second kappa shape index (κ2) is 18.9. The Bertz CT molecular complexity index is 713. The Morgan fingerprint density at radius 3 is 2.46 bits per heavy atom. The highest BCUT2D eigenvalue weighted by atomic mass is 16.5. The van der Waals surface area contributed by atoms with E-state index < -0.39 is 6.23 Å². The molecule has 11 heteroatoms. The minimum Gasteiger partial charge on any atom is -0.388 e. The van der Waals surface area contributed by atoms with Crippen molar-refractivity contribution in [2.45, 2.75) is 58.7 Å². The summed E-state index contributed by atoms with van der Waals surface area (Å²) in [6.45, 7) is 10.6. The lowest BCUT2D eigenvalue weighted by molar-refractivity contribution is -0.125. The number of aliphatic hydroxyl groups is 1. The second-order valence-electron chi connectivity index (χ2n) is 8.30. The van der Waals surface area contributed by atoms with Gasteiger partial charge in [0.1, 0.15) is 0 Å². The van der Waals surface area contributed by atoms with Crippen molar-refractivity contribution in [1.82, 2.24) is 15.6 Å². The molecule has 5 N–H and O–H groups in total. The summed E-state index contributed by atoms with van der Waals surface area (Å²) in [6.07, 6.45) is 5.51. The van der Waals surface area contributed by atoms with E-state index in [1.54, 1.807) is 11.2 Å². The van der Waals surface area contributed by atoms with Crippen molar-refractivity contribution in [2.24, 2.45) is 10.8 Å².